The Labute approximate surface area is 120 Å². The highest BCUT2D eigenvalue weighted by molar-refractivity contribution is 5.89. The van der Waals surface area contributed by atoms with Gasteiger partial charge >= 0.3 is 0 Å². The van der Waals surface area contributed by atoms with Gasteiger partial charge in [0.2, 0.25) is 5.91 Å². The van der Waals surface area contributed by atoms with Crippen LogP contribution in [0.2, 0.25) is 0 Å². The van der Waals surface area contributed by atoms with Gasteiger partial charge in [0.25, 0.3) is 0 Å². The summed E-state index contributed by atoms with van der Waals surface area (Å²) < 4.78 is 5.67. The van der Waals surface area contributed by atoms with Gasteiger partial charge in [-0.1, -0.05) is 0 Å². The van der Waals surface area contributed by atoms with Gasteiger partial charge in [-0.2, -0.15) is 0 Å². The Morgan fingerprint density at radius 2 is 1.95 bits per heavy atom. The maximum Gasteiger partial charge on any atom is 0.225 e. The third kappa shape index (κ3) is 2.62. The number of likely N-dealkylation sites (tertiary alicyclic amines) is 1. The molecule has 20 heavy (non-hydrogen) atoms. The van der Waals surface area contributed by atoms with Crippen LogP contribution in [0, 0.1) is 17.8 Å². The van der Waals surface area contributed by atoms with Gasteiger partial charge in [0.05, 0.1) is 6.10 Å². The van der Waals surface area contributed by atoms with Gasteiger partial charge in [-0.3, -0.25) is 9.59 Å². The molecule has 112 valence electrons. The Balaban J connectivity index is 1.60. The van der Waals surface area contributed by atoms with Crippen molar-refractivity contribution in [3.8, 4) is 0 Å². The van der Waals surface area contributed by atoms with Gasteiger partial charge in [-0.15, -0.1) is 0 Å². The molecule has 1 heterocycles. The largest absolute Gasteiger partial charge is 0.377 e. The number of carbonyl (C=O) groups is 2. The topological polar surface area (TPSA) is 46.6 Å². The Kier molecular flexibility index (Phi) is 4.11. The first kappa shape index (κ1) is 14.1. The second kappa shape index (κ2) is 5.84. The second-order valence-electron chi connectivity index (χ2n) is 6.55. The van der Waals surface area contributed by atoms with Gasteiger partial charge in [0.1, 0.15) is 5.78 Å². The van der Waals surface area contributed by atoms with E-state index in [4.69, 9.17) is 4.74 Å². The van der Waals surface area contributed by atoms with Crippen molar-refractivity contribution in [2.45, 2.75) is 51.6 Å². The van der Waals surface area contributed by atoms with Crippen molar-refractivity contribution in [3.05, 3.63) is 0 Å². The summed E-state index contributed by atoms with van der Waals surface area (Å²) in [6.07, 6.45) is 5.91. The van der Waals surface area contributed by atoms with Crippen molar-refractivity contribution in [1.82, 2.24) is 4.90 Å². The number of hydrogen-bond donors (Lipinski definition) is 0. The number of hydrogen-bond acceptors (Lipinski definition) is 3. The molecule has 3 rings (SSSR count). The maximum atomic E-state index is 12.7. The molecule has 3 fully saturated rings. The number of amides is 1. The normalized spacial score (nSPS) is 37.2. The second-order valence-corrected chi connectivity index (χ2v) is 6.55. The number of ketones is 1. The molecule has 1 saturated heterocycles. The minimum atomic E-state index is 0.0885. The summed E-state index contributed by atoms with van der Waals surface area (Å²) in [4.78, 5) is 26.6. The summed E-state index contributed by atoms with van der Waals surface area (Å²) in [7, 11) is 0. The van der Waals surface area contributed by atoms with Crippen molar-refractivity contribution in [2.75, 3.05) is 19.7 Å². The van der Waals surface area contributed by atoms with E-state index in [1.165, 1.54) is 0 Å². The molecule has 2 saturated carbocycles. The van der Waals surface area contributed by atoms with Crippen molar-refractivity contribution >= 4 is 11.7 Å². The highest BCUT2D eigenvalue weighted by atomic mass is 16.5. The van der Waals surface area contributed by atoms with Crippen LogP contribution in [0.25, 0.3) is 0 Å². The van der Waals surface area contributed by atoms with E-state index >= 15 is 0 Å². The molecular formula is C16H25NO3. The van der Waals surface area contributed by atoms with Crippen molar-refractivity contribution < 1.29 is 14.3 Å². The summed E-state index contributed by atoms with van der Waals surface area (Å²) in [5, 5.41) is 0. The van der Waals surface area contributed by atoms with Gasteiger partial charge in [-0.05, 0) is 45.4 Å². The van der Waals surface area contributed by atoms with Crippen LogP contribution in [-0.2, 0) is 14.3 Å². The number of Topliss-reactive ketones (excluding diaryl/α,β-unsaturated/α-hetero) is 1. The molecule has 4 nitrogen and oxygen atoms in total. The van der Waals surface area contributed by atoms with Crippen molar-refractivity contribution in [1.29, 1.82) is 0 Å². The third-order valence-electron chi connectivity index (χ3n) is 5.25. The quantitative estimate of drug-likeness (QED) is 0.794. The molecule has 3 aliphatic rings. The lowest BCUT2D eigenvalue weighted by molar-refractivity contribution is -0.143. The van der Waals surface area contributed by atoms with Crippen LogP contribution in [0.3, 0.4) is 0 Å². The average Bonchev–Trinajstić information content (AvgIpc) is 2.68. The first-order valence-electron chi connectivity index (χ1n) is 8.13. The van der Waals surface area contributed by atoms with E-state index in [9.17, 15) is 9.59 Å². The number of nitrogens with zero attached hydrogens (tertiary/aromatic N) is 1. The smallest absolute Gasteiger partial charge is 0.225 e. The molecular weight excluding hydrogens is 254 g/mol. The number of rotatable bonds is 3. The average molecular weight is 279 g/mol. The summed E-state index contributed by atoms with van der Waals surface area (Å²) in [5.41, 5.74) is 0. The minimum absolute atomic E-state index is 0.0885. The zero-order chi connectivity index (χ0) is 14.1. The van der Waals surface area contributed by atoms with Crippen LogP contribution in [0.15, 0.2) is 0 Å². The fraction of sp³-hybridized carbons (Fsp3) is 0.875. The number of piperidine rings is 1. The van der Waals surface area contributed by atoms with Crippen LogP contribution in [-0.4, -0.2) is 42.4 Å². The number of carbonyl (C=O) groups excluding carboxylic acids is 2. The molecule has 1 aliphatic heterocycles. The van der Waals surface area contributed by atoms with Crippen LogP contribution < -0.4 is 0 Å². The predicted molar refractivity (Wildman–Crippen MR) is 75.2 cm³/mol. The van der Waals surface area contributed by atoms with E-state index in [0.717, 1.165) is 58.2 Å². The van der Waals surface area contributed by atoms with E-state index < -0.39 is 0 Å². The van der Waals surface area contributed by atoms with E-state index in [0.29, 0.717) is 5.78 Å². The maximum absolute atomic E-state index is 12.7. The van der Waals surface area contributed by atoms with E-state index in [2.05, 4.69) is 0 Å². The molecule has 0 radical (unpaired) electrons. The molecule has 3 atom stereocenters. The standard InChI is InChI=1S/C16H25NO3/c1-2-20-14-4-3-7-17(10-14)16(19)13-8-11-5-6-12(9-13)15(11)18/h11-14H,2-10H2,1H3. The molecule has 1 amide bonds. The number of fused-ring (bicyclic) bond motifs is 2. The molecule has 3 unspecified atom stereocenters. The molecule has 0 aromatic heterocycles. The molecule has 2 aliphatic carbocycles. The fourth-order valence-corrected chi connectivity index (χ4v) is 4.24. The van der Waals surface area contributed by atoms with E-state index in [1.54, 1.807) is 0 Å². The summed E-state index contributed by atoms with van der Waals surface area (Å²) >= 11 is 0. The first-order valence-corrected chi connectivity index (χ1v) is 8.13. The highest BCUT2D eigenvalue weighted by Gasteiger charge is 2.44. The van der Waals surface area contributed by atoms with Crippen molar-refractivity contribution in [2.24, 2.45) is 17.8 Å². The lowest BCUT2D eigenvalue weighted by Crippen LogP contribution is -2.47. The molecule has 0 N–H and O–H groups in total. The van der Waals surface area contributed by atoms with Crippen LogP contribution >= 0.6 is 0 Å². The molecule has 4 heteroatoms. The molecule has 2 bridgehead atoms. The SMILES string of the molecule is CCOC1CCCN(C(=O)C2CC3CCC(C2)C3=O)C1. The van der Waals surface area contributed by atoms with Crippen LogP contribution in [0.4, 0.5) is 0 Å². The van der Waals surface area contributed by atoms with Gasteiger partial charge in [0, 0.05) is 37.5 Å². The number of ether oxygens (including phenoxy) is 1. The van der Waals surface area contributed by atoms with Gasteiger partial charge in [-0.25, -0.2) is 0 Å². The summed E-state index contributed by atoms with van der Waals surface area (Å²) in [6, 6.07) is 0. The summed E-state index contributed by atoms with van der Waals surface area (Å²) in [6.45, 7) is 4.33. The Morgan fingerprint density at radius 3 is 2.60 bits per heavy atom. The molecule has 0 spiro atoms. The monoisotopic (exact) mass is 279 g/mol. The molecule has 0 aromatic carbocycles. The summed E-state index contributed by atoms with van der Waals surface area (Å²) in [5.74, 6) is 1.15. The van der Waals surface area contributed by atoms with Gasteiger partial charge in [0.15, 0.2) is 0 Å². The fourth-order valence-electron chi connectivity index (χ4n) is 4.24. The lowest BCUT2D eigenvalue weighted by atomic mass is 9.79. The highest BCUT2D eigenvalue weighted by Crippen LogP contribution is 2.42. The Bertz CT molecular complexity index is 377. The zero-order valence-corrected chi connectivity index (χ0v) is 12.3. The van der Waals surface area contributed by atoms with Crippen molar-refractivity contribution in [3.63, 3.8) is 0 Å². The first-order chi connectivity index (χ1) is 9.69. The Hall–Kier alpha value is -0.900. The van der Waals surface area contributed by atoms with Crippen LogP contribution in [0.1, 0.15) is 45.4 Å². The third-order valence-corrected chi connectivity index (χ3v) is 5.25. The zero-order valence-electron chi connectivity index (χ0n) is 12.3. The van der Waals surface area contributed by atoms with Gasteiger partial charge < -0.3 is 9.64 Å². The van der Waals surface area contributed by atoms with Crippen LogP contribution in [0.5, 0.6) is 0 Å². The lowest BCUT2D eigenvalue weighted by Gasteiger charge is -2.36. The Morgan fingerprint density at radius 1 is 1.25 bits per heavy atom. The minimum Gasteiger partial charge on any atom is -0.377 e. The van der Waals surface area contributed by atoms with E-state index in [1.807, 2.05) is 11.8 Å². The predicted octanol–water partition coefficient (Wildman–Crippen LogP) is 2.02. The van der Waals surface area contributed by atoms with E-state index in [-0.39, 0.29) is 29.8 Å². The molecule has 0 aromatic rings.